The fourth-order valence-electron chi connectivity index (χ4n) is 3.68. The maximum atomic E-state index is 14.6. The molecule has 1 atom stereocenters. The molecule has 2 aromatic heterocycles. The van der Waals surface area contributed by atoms with Crippen molar-refractivity contribution in [2.45, 2.75) is 32.3 Å². The van der Waals surface area contributed by atoms with Crippen LogP contribution < -0.4 is 0 Å². The summed E-state index contributed by atoms with van der Waals surface area (Å²) in [4.78, 5) is 18.8. The summed E-state index contributed by atoms with van der Waals surface area (Å²) in [6, 6.07) is 9.02. The van der Waals surface area contributed by atoms with E-state index in [0.29, 0.717) is 27.1 Å². The summed E-state index contributed by atoms with van der Waals surface area (Å²) in [6.45, 7) is -0.361. The van der Waals surface area contributed by atoms with Gasteiger partial charge in [0.05, 0.1) is 12.2 Å². The molecule has 1 fully saturated rings. The van der Waals surface area contributed by atoms with Gasteiger partial charge in [-0.05, 0) is 80.4 Å². The van der Waals surface area contributed by atoms with Crippen LogP contribution in [0, 0.1) is 23.3 Å². The van der Waals surface area contributed by atoms with Gasteiger partial charge in [0, 0.05) is 39.0 Å². The molecule has 0 bridgehead atoms. The monoisotopic (exact) mass is 740 g/mol. The molecule has 0 aliphatic carbocycles. The number of halogens is 10. The molecule has 0 N–H and O–H groups in total. The van der Waals surface area contributed by atoms with Gasteiger partial charge >= 0.3 is 11.8 Å². The van der Waals surface area contributed by atoms with Crippen molar-refractivity contribution in [2.75, 3.05) is 6.61 Å². The van der Waals surface area contributed by atoms with E-state index in [1.165, 1.54) is 18.3 Å². The molecule has 0 spiro atoms. The lowest BCUT2D eigenvalue weighted by Gasteiger charge is -2.24. The van der Waals surface area contributed by atoms with Crippen LogP contribution in [0.5, 0.6) is 0 Å². The Labute approximate surface area is 258 Å². The maximum absolute atomic E-state index is 14.6. The molecular formula is C29H22Br2F8N2O2. The molecule has 1 unspecified atom stereocenters. The van der Waals surface area contributed by atoms with E-state index in [0.717, 1.165) is 36.5 Å². The number of benzene rings is 2. The second-order valence-corrected chi connectivity index (χ2v) is 10.4. The molecule has 4 nitrogen and oxygen atoms in total. The Morgan fingerprint density at radius 2 is 1.23 bits per heavy atom. The second kappa shape index (κ2) is 13.6. The van der Waals surface area contributed by atoms with E-state index in [1.54, 1.807) is 0 Å². The van der Waals surface area contributed by atoms with Crippen LogP contribution in [0.2, 0.25) is 0 Å². The molecule has 1 aliphatic rings. The molecule has 0 saturated carbocycles. The van der Waals surface area contributed by atoms with E-state index in [4.69, 9.17) is 4.74 Å². The van der Waals surface area contributed by atoms with Crippen LogP contribution in [0.4, 0.5) is 35.1 Å². The van der Waals surface area contributed by atoms with Gasteiger partial charge in [0.25, 0.3) is 0 Å². The van der Waals surface area contributed by atoms with Crippen molar-refractivity contribution in [1.29, 1.82) is 0 Å². The molecule has 3 heterocycles. The van der Waals surface area contributed by atoms with Gasteiger partial charge in [-0.15, -0.1) is 0 Å². The van der Waals surface area contributed by atoms with Gasteiger partial charge < -0.3 is 4.74 Å². The highest BCUT2D eigenvalue weighted by Crippen LogP contribution is 2.56. The number of carbonyl (C=O) groups is 1. The van der Waals surface area contributed by atoms with Gasteiger partial charge in [-0.25, -0.2) is 17.6 Å². The third kappa shape index (κ3) is 7.29. The topological polar surface area (TPSA) is 55.4 Å². The fraction of sp³-hybridized carbons (Fsp3) is 0.207. The van der Waals surface area contributed by atoms with E-state index in [2.05, 4.69) is 41.8 Å². The van der Waals surface area contributed by atoms with Crippen LogP contribution in [-0.4, -0.2) is 22.4 Å². The lowest BCUT2D eigenvalue weighted by Crippen LogP contribution is -2.34. The summed E-state index contributed by atoms with van der Waals surface area (Å²) in [5, 5.41) is 0. The molecule has 0 amide bonds. The van der Waals surface area contributed by atoms with Gasteiger partial charge in [-0.3, -0.25) is 14.8 Å². The minimum Gasteiger partial charge on any atom is -0.357 e. The molecule has 1 saturated heterocycles. The van der Waals surface area contributed by atoms with Crippen molar-refractivity contribution in [1.82, 2.24) is 9.97 Å². The number of hydrogen-bond donors (Lipinski definition) is 0. The highest BCUT2D eigenvalue weighted by Gasteiger charge is 2.68. The van der Waals surface area contributed by atoms with Gasteiger partial charge in [0.2, 0.25) is 5.78 Å². The van der Waals surface area contributed by atoms with E-state index in [-0.39, 0.29) is 27.0 Å². The van der Waals surface area contributed by atoms with E-state index in [1.807, 2.05) is 0 Å². The predicted octanol–water partition coefficient (Wildman–Crippen LogP) is 9.51. The van der Waals surface area contributed by atoms with Gasteiger partial charge in [-0.2, -0.15) is 17.6 Å². The average Bonchev–Trinajstić information content (AvgIpc) is 3.72. The summed E-state index contributed by atoms with van der Waals surface area (Å²) in [7, 11) is 0. The van der Waals surface area contributed by atoms with Crippen molar-refractivity contribution >= 4 is 37.6 Å². The standard InChI is InChI=1S/C14H8BrF4NO.C13H6BrF4NO.2CH4/c15-8-1-4-12(20-6-8)14(18,19)13(7-21-13)10-3-2-9(16)5-11(10)17;14-7-1-4-11(19-6-7)13(17,18)12(20)9-3-2-8(15)5-10(9)16;;/h1-6H,7H2;1-6H;2*1H4. The first-order chi connectivity index (χ1) is 19.2. The Hall–Kier alpha value is -3.23. The molecule has 0 radical (unpaired) electrons. The number of alkyl halides is 4. The quantitative estimate of drug-likeness (QED) is 0.112. The van der Waals surface area contributed by atoms with Crippen molar-refractivity contribution in [3.05, 3.63) is 128 Å². The first kappa shape index (κ1) is 36.0. The summed E-state index contributed by atoms with van der Waals surface area (Å²) < 4.78 is 116. The lowest BCUT2D eigenvalue weighted by molar-refractivity contribution is -0.0901. The average molecular weight is 742 g/mol. The Balaban J connectivity index is 0.000000287. The zero-order valence-electron chi connectivity index (χ0n) is 20.1. The van der Waals surface area contributed by atoms with Crippen molar-refractivity contribution in [2.24, 2.45) is 0 Å². The number of epoxide rings is 1. The molecule has 230 valence electrons. The smallest absolute Gasteiger partial charge is 0.351 e. The summed E-state index contributed by atoms with van der Waals surface area (Å²) in [6.07, 6.45) is 2.32. The van der Waals surface area contributed by atoms with Crippen LogP contribution in [-0.2, 0) is 22.2 Å². The Bertz CT molecular complexity index is 1580. The van der Waals surface area contributed by atoms with E-state index >= 15 is 0 Å². The minimum atomic E-state index is -4.00. The SMILES string of the molecule is C.C.Fc1ccc(C2(C(F)(F)c3ccc(Br)cn3)CO2)c(F)c1.O=C(c1ccc(F)cc1F)C(F)(F)c1ccc(Br)cn1. The van der Waals surface area contributed by atoms with Crippen LogP contribution in [0.15, 0.2) is 82.0 Å². The first-order valence-electron chi connectivity index (χ1n) is 11.3. The maximum Gasteiger partial charge on any atom is 0.351 e. The molecule has 4 aromatic rings. The largest absolute Gasteiger partial charge is 0.357 e. The second-order valence-electron chi connectivity index (χ2n) is 8.57. The number of rotatable bonds is 6. The summed E-state index contributed by atoms with van der Waals surface area (Å²) in [5.41, 5.74) is -4.74. The van der Waals surface area contributed by atoms with Crippen LogP contribution >= 0.6 is 31.9 Å². The van der Waals surface area contributed by atoms with Crippen LogP contribution in [0.3, 0.4) is 0 Å². The summed E-state index contributed by atoms with van der Waals surface area (Å²) >= 11 is 6.12. The number of nitrogens with zero attached hydrogens (tertiary/aromatic N) is 2. The minimum absolute atomic E-state index is 0. The van der Waals surface area contributed by atoms with Crippen molar-refractivity contribution < 1.29 is 44.7 Å². The Morgan fingerprint density at radius 1 is 0.744 bits per heavy atom. The number of carbonyl (C=O) groups excluding carboxylic acids is 1. The molecule has 43 heavy (non-hydrogen) atoms. The number of ether oxygens (including phenoxy) is 1. The zero-order chi connectivity index (χ0) is 30.2. The predicted molar refractivity (Wildman–Crippen MR) is 150 cm³/mol. The number of ketones is 1. The zero-order valence-corrected chi connectivity index (χ0v) is 23.3. The Morgan fingerprint density at radius 3 is 1.67 bits per heavy atom. The summed E-state index contributed by atoms with van der Waals surface area (Å²) in [5.74, 6) is -13.5. The third-order valence-corrected chi connectivity index (χ3v) is 6.80. The van der Waals surface area contributed by atoms with Crippen LogP contribution in [0.25, 0.3) is 0 Å². The van der Waals surface area contributed by atoms with Gasteiger partial charge in [0.1, 0.15) is 34.7 Å². The van der Waals surface area contributed by atoms with E-state index in [9.17, 15) is 39.9 Å². The highest BCUT2D eigenvalue weighted by atomic mass is 79.9. The number of Topliss-reactive ketones (excluding diaryl/α,β-unsaturated/α-hetero) is 1. The van der Waals surface area contributed by atoms with Gasteiger partial charge in [-0.1, -0.05) is 14.9 Å². The molecule has 14 heteroatoms. The van der Waals surface area contributed by atoms with Crippen LogP contribution in [0.1, 0.15) is 42.2 Å². The fourth-order valence-corrected chi connectivity index (χ4v) is 4.15. The number of pyridine rings is 2. The number of hydrogen-bond acceptors (Lipinski definition) is 4. The molecule has 2 aromatic carbocycles. The number of aromatic nitrogens is 2. The third-order valence-electron chi connectivity index (χ3n) is 5.87. The van der Waals surface area contributed by atoms with Crippen molar-refractivity contribution in [3.63, 3.8) is 0 Å². The normalized spacial score (nSPS) is 15.8. The molecule has 1 aliphatic heterocycles. The van der Waals surface area contributed by atoms with Gasteiger partial charge in [0.15, 0.2) is 5.60 Å². The molecular weight excluding hydrogens is 720 g/mol. The van der Waals surface area contributed by atoms with E-state index < -0.39 is 63.4 Å². The first-order valence-corrected chi connectivity index (χ1v) is 12.9. The van der Waals surface area contributed by atoms with Crippen molar-refractivity contribution in [3.8, 4) is 0 Å². The molecule has 5 rings (SSSR count). The lowest BCUT2D eigenvalue weighted by atomic mass is 9.90. The highest BCUT2D eigenvalue weighted by molar-refractivity contribution is 9.10. The Kier molecular flexibility index (Phi) is 11.4.